The molecule has 0 spiro atoms. The van der Waals surface area contributed by atoms with Crippen molar-refractivity contribution in [3.63, 3.8) is 0 Å². The van der Waals surface area contributed by atoms with Crippen LogP contribution in [0.2, 0.25) is 0 Å². The molecular weight excluding hydrogens is 474 g/mol. The van der Waals surface area contributed by atoms with E-state index in [2.05, 4.69) is 14.2 Å². The molecule has 1 N–H and O–H groups in total. The van der Waals surface area contributed by atoms with Crippen molar-refractivity contribution < 1.29 is 27.3 Å². The molecule has 5 rings (SSSR count). The van der Waals surface area contributed by atoms with Crippen molar-refractivity contribution in [2.24, 2.45) is 0 Å². The number of alkyl halides is 2. The summed E-state index contributed by atoms with van der Waals surface area (Å²) in [5, 5.41) is 0. The Morgan fingerprint density at radius 3 is 2.46 bits per heavy atom. The Morgan fingerprint density at radius 2 is 1.77 bits per heavy atom. The number of carbonyl (C=O) groups excluding carboxylic acids is 1. The van der Waals surface area contributed by atoms with E-state index in [4.69, 9.17) is 4.98 Å². The minimum atomic E-state index is -3.69. The van der Waals surface area contributed by atoms with Gasteiger partial charge >= 0.3 is 6.29 Å². The van der Waals surface area contributed by atoms with E-state index in [9.17, 15) is 17.8 Å². The van der Waals surface area contributed by atoms with Crippen LogP contribution in [0.3, 0.4) is 0 Å². The van der Waals surface area contributed by atoms with Crippen LogP contribution in [0.15, 0.2) is 54.6 Å². The second-order valence-corrected chi connectivity index (χ2v) is 10.1. The average molecular weight is 499 g/mol. The molecule has 2 aromatic carbocycles. The summed E-state index contributed by atoms with van der Waals surface area (Å²) < 4.78 is 49.9. The fourth-order valence-corrected chi connectivity index (χ4v) is 4.73. The summed E-state index contributed by atoms with van der Waals surface area (Å²) in [5.74, 6) is -0.0813. The SMILES string of the molecule is Cc1ccc(CC(=O)C2(c3ccc4c(c3)OC(F)(F)O4)CC2)nc1-c1ccc(CNS(C)=O)cc1. The quantitative estimate of drug-likeness (QED) is 0.491. The summed E-state index contributed by atoms with van der Waals surface area (Å²) in [5.41, 5.74) is 4.31. The van der Waals surface area contributed by atoms with E-state index in [0.29, 0.717) is 30.6 Å². The first kappa shape index (κ1) is 23.6. The number of halogens is 2. The van der Waals surface area contributed by atoms with Gasteiger partial charge in [0.2, 0.25) is 0 Å². The van der Waals surface area contributed by atoms with Crippen LogP contribution in [0.25, 0.3) is 11.3 Å². The number of rotatable bonds is 8. The third kappa shape index (κ3) is 4.83. The molecule has 35 heavy (non-hydrogen) atoms. The largest absolute Gasteiger partial charge is 0.586 e. The minimum Gasteiger partial charge on any atom is -0.395 e. The topological polar surface area (TPSA) is 77.5 Å². The molecule has 3 aromatic rings. The maximum absolute atomic E-state index is 13.4. The van der Waals surface area contributed by atoms with Gasteiger partial charge in [-0.2, -0.15) is 0 Å². The third-order valence-corrected chi connectivity index (χ3v) is 6.99. The smallest absolute Gasteiger partial charge is 0.395 e. The Kier molecular flexibility index (Phi) is 5.93. The first-order valence-electron chi connectivity index (χ1n) is 11.2. The number of hydrogen-bond donors (Lipinski definition) is 1. The highest BCUT2D eigenvalue weighted by Crippen LogP contribution is 2.52. The Labute approximate surface area is 204 Å². The monoisotopic (exact) mass is 498 g/mol. The molecule has 0 radical (unpaired) electrons. The molecule has 0 bridgehead atoms. The number of nitrogens with zero attached hydrogens (tertiary/aromatic N) is 1. The van der Waals surface area contributed by atoms with Gasteiger partial charge in [-0.15, -0.1) is 8.78 Å². The minimum absolute atomic E-state index is 0.000540. The number of nitrogens with one attached hydrogen (secondary N) is 1. The van der Waals surface area contributed by atoms with Crippen LogP contribution < -0.4 is 14.2 Å². The predicted octanol–water partition coefficient (Wildman–Crippen LogP) is 4.61. The third-order valence-electron chi connectivity index (χ3n) is 6.44. The van der Waals surface area contributed by atoms with Crippen molar-refractivity contribution >= 4 is 16.8 Å². The number of aryl methyl sites for hydroxylation is 1. The second-order valence-electron chi connectivity index (χ2n) is 8.95. The predicted molar refractivity (Wildman–Crippen MR) is 128 cm³/mol. The van der Waals surface area contributed by atoms with Crippen molar-refractivity contribution in [3.8, 4) is 22.8 Å². The summed E-state index contributed by atoms with van der Waals surface area (Å²) in [7, 11) is -1.08. The van der Waals surface area contributed by atoms with E-state index in [1.807, 2.05) is 43.3 Å². The number of hydrogen-bond acceptors (Lipinski definition) is 5. The molecule has 0 saturated heterocycles. The fraction of sp³-hybridized carbons (Fsp3) is 0.308. The molecule has 0 amide bonds. The molecule has 182 valence electrons. The molecule has 2 heterocycles. The fourth-order valence-electron chi connectivity index (χ4n) is 4.36. The number of pyridine rings is 1. The zero-order chi connectivity index (χ0) is 24.8. The van der Waals surface area contributed by atoms with E-state index in [0.717, 1.165) is 22.4 Å². The molecule has 1 aliphatic heterocycles. The van der Waals surface area contributed by atoms with E-state index in [1.54, 1.807) is 12.3 Å². The molecule has 9 heteroatoms. The van der Waals surface area contributed by atoms with Crippen LogP contribution >= 0.6 is 0 Å². The highest BCUT2D eigenvalue weighted by Gasteiger charge is 2.52. The molecule has 6 nitrogen and oxygen atoms in total. The van der Waals surface area contributed by atoms with E-state index >= 15 is 0 Å². The van der Waals surface area contributed by atoms with E-state index in [-0.39, 0.29) is 23.7 Å². The zero-order valence-corrected chi connectivity index (χ0v) is 20.1. The van der Waals surface area contributed by atoms with Crippen molar-refractivity contribution in [2.75, 3.05) is 6.26 Å². The summed E-state index contributed by atoms with van der Waals surface area (Å²) in [6.07, 6.45) is -0.655. The maximum Gasteiger partial charge on any atom is 0.586 e. The van der Waals surface area contributed by atoms with E-state index in [1.165, 1.54) is 12.1 Å². The lowest BCUT2D eigenvalue weighted by molar-refractivity contribution is -0.286. The molecule has 1 fully saturated rings. The molecular formula is C26H24F2N2O4S. The lowest BCUT2D eigenvalue weighted by atomic mass is 9.88. The number of carbonyl (C=O) groups is 1. The summed E-state index contributed by atoms with van der Waals surface area (Å²) in [4.78, 5) is 18.1. The van der Waals surface area contributed by atoms with Gasteiger partial charge in [0, 0.05) is 30.5 Å². The van der Waals surface area contributed by atoms with Gasteiger partial charge in [-0.05, 0) is 54.7 Å². The zero-order valence-electron chi connectivity index (χ0n) is 19.3. The van der Waals surface area contributed by atoms with Gasteiger partial charge in [0.05, 0.1) is 22.1 Å². The highest BCUT2D eigenvalue weighted by molar-refractivity contribution is 7.82. The van der Waals surface area contributed by atoms with Crippen LogP contribution in [-0.2, 0) is 34.2 Å². The number of aromatic nitrogens is 1. The number of ether oxygens (including phenoxy) is 2. The molecule has 1 saturated carbocycles. The Morgan fingerprint density at radius 1 is 1.06 bits per heavy atom. The van der Waals surface area contributed by atoms with Crippen LogP contribution in [0.1, 0.15) is 35.2 Å². The molecule has 1 unspecified atom stereocenters. The molecule has 2 aliphatic rings. The number of ketones is 1. The summed E-state index contributed by atoms with van der Waals surface area (Å²) in [6.45, 7) is 2.47. The average Bonchev–Trinajstić information content (AvgIpc) is 3.56. The highest BCUT2D eigenvalue weighted by atomic mass is 32.2. The normalized spacial score (nSPS) is 17.7. The van der Waals surface area contributed by atoms with Crippen LogP contribution in [-0.4, -0.2) is 27.5 Å². The van der Waals surface area contributed by atoms with Crippen LogP contribution in [0, 0.1) is 6.92 Å². The molecule has 1 aromatic heterocycles. The standard InChI is InChI=1S/C26H24F2N2O4S/c1-16-3-9-20(30-24(16)18-6-4-17(5-7-18)15-29-35(2)32)14-23(31)25(11-12-25)19-8-10-21-22(13-19)34-26(27,28)33-21/h3-10,13,29H,11-12,14-15H2,1-2H3. The lowest BCUT2D eigenvalue weighted by Gasteiger charge is -2.16. The van der Waals surface area contributed by atoms with E-state index < -0.39 is 22.7 Å². The maximum atomic E-state index is 13.4. The molecule has 1 aliphatic carbocycles. The second kappa shape index (κ2) is 8.80. The first-order valence-corrected chi connectivity index (χ1v) is 12.8. The van der Waals surface area contributed by atoms with Gasteiger partial charge in [-0.3, -0.25) is 9.78 Å². The van der Waals surface area contributed by atoms with Gasteiger partial charge in [0.25, 0.3) is 0 Å². The number of Topliss-reactive ketones (excluding diaryl/α,β-unsaturated/α-hetero) is 1. The van der Waals surface area contributed by atoms with Gasteiger partial charge in [0.15, 0.2) is 11.5 Å². The van der Waals surface area contributed by atoms with Crippen molar-refractivity contribution in [1.82, 2.24) is 9.71 Å². The van der Waals surface area contributed by atoms with Crippen LogP contribution in [0.5, 0.6) is 11.5 Å². The van der Waals surface area contributed by atoms with Gasteiger partial charge < -0.3 is 9.47 Å². The van der Waals surface area contributed by atoms with Gasteiger partial charge in [-0.1, -0.05) is 36.4 Å². The van der Waals surface area contributed by atoms with Crippen molar-refractivity contribution in [2.45, 2.75) is 44.4 Å². The Hall–Kier alpha value is -3.17. The number of fused-ring (bicyclic) bond motifs is 1. The number of benzene rings is 2. The Bertz CT molecular complexity index is 1320. The first-order chi connectivity index (χ1) is 16.6. The van der Waals surface area contributed by atoms with Crippen molar-refractivity contribution in [3.05, 3.63) is 77.0 Å². The van der Waals surface area contributed by atoms with Gasteiger partial charge in [0.1, 0.15) is 5.78 Å². The van der Waals surface area contributed by atoms with Crippen molar-refractivity contribution in [1.29, 1.82) is 0 Å². The van der Waals surface area contributed by atoms with Crippen LogP contribution in [0.4, 0.5) is 8.78 Å². The summed E-state index contributed by atoms with van der Waals surface area (Å²) >= 11 is 0. The van der Waals surface area contributed by atoms with Gasteiger partial charge in [-0.25, -0.2) is 8.93 Å². The Balaban J connectivity index is 1.34. The molecule has 1 atom stereocenters. The lowest BCUT2D eigenvalue weighted by Crippen LogP contribution is -2.26. The summed E-state index contributed by atoms with van der Waals surface area (Å²) in [6, 6.07) is 16.2.